The van der Waals surface area contributed by atoms with E-state index in [2.05, 4.69) is 24.5 Å². The van der Waals surface area contributed by atoms with E-state index in [1.807, 2.05) is 17.0 Å². The van der Waals surface area contributed by atoms with Crippen LogP contribution in [0.25, 0.3) is 11.1 Å². The number of carbonyl (C=O) groups is 6. The summed E-state index contributed by atoms with van der Waals surface area (Å²) in [5.41, 5.74) is -2.08. The van der Waals surface area contributed by atoms with Crippen molar-refractivity contribution in [3.05, 3.63) is 146 Å². The predicted molar refractivity (Wildman–Crippen MR) is 372 cm³/mol. The van der Waals surface area contributed by atoms with Gasteiger partial charge in [-0.05, 0) is 167 Å². The molecular formula is C77H100F7N3O13S. The number of alkyl halides is 3. The van der Waals surface area contributed by atoms with Gasteiger partial charge in [-0.25, -0.2) is 17.6 Å². The zero-order valence-corrected chi connectivity index (χ0v) is 58.8. The monoisotopic (exact) mass is 1440 g/mol. The fourth-order valence-corrected chi connectivity index (χ4v) is 14.5. The van der Waals surface area contributed by atoms with E-state index in [4.69, 9.17) is 4.74 Å². The highest BCUT2D eigenvalue weighted by molar-refractivity contribution is 7.12. The number of carboxylic acid groups (broad SMARTS) is 6. The number of aryl methyl sites for hydroxylation is 2. The maximum absolute atomic E-state index is 14.5. The number of piperidine rings is 1. The number of hydrogen-bond acceptors (Lipinski definition) is 11. The van der Waals surface area contributed by atoms with Gasteiger partial charge in [0.05, 0.1) is 0 Å². The first kappa shape index (κ1) is 82.5. The largest absolute Gasteiger partial charge is 0.488 e. The summed E-state index contributed by atoms with van der Waals surface area (Å²) >= 11 is 0.671. The lowest BCUT2D eigenvalue weighted by Gasteiger charge is -2.36. The van der Waals surface area contributed by atoms with Crippen molar-refractivity contribution in [2.45, 2.75) is 231 Å². The molecule has 1 aromatic heterocycles. The van der Waals surface area contributed by atoms with E-state index in [9.17, 15) is 90.1 Å². The predicted octanol–water partition coefficient (Wildman–Crippen LogP) is 17.1. The third-order valence-electron chi connectivity index (χ3n) is 20.2. The fourth-order valence-electron chi connectivity index (χ4n) is 13.5. The SMILES string of the molecule is CCCCCCCCCCc1ccc(CCNC2CCC(C(=O)O)(C(=O)O)CC2)c(F)c1F.CCCCCCCCCc1ccc(CCNC2CCC(C(=O)O)(C(=O)O)CC2)c(F)c1F.O=C(O)C1(C(=O)O)CCN(Cc2ccc(OCc3cc(-c4ccccc4)c(C(F)(F)F)s3)cc2)CC1. The summed E-state index contributed by atoms with van der Waals surface area (Å²) in [4.78, 5) is 70.2. The third kappa shape index (κ3) is 23.8. The number of ether oxygens (including phenoxy) is 1. The zero-order valence-electron chi connectivity index (χ0n) is 58.0. The lowest BCUT2D eigenvalue weighted by Crippen LogP contribution is -2.48. The van der Waals surface area contributed by atoms with Crippen molar-refractivity contribution in [2.24, 2.45) is 16.2 Å². The molecule has 16 nitrogen and oxygen atoms in total. The molecule has 0 radical (unpaired) electrons. The molecule has 556 valence electrons. The summed E-state index contributed by atoms with van der Waals surface area (Å²) < 4.78 is 104. The second-order valence-electron chi connectivity index (χ2n) is 27.2. The number of nitrogens with one attached hydrogen (secondary N) is 2. The van der Waals surface area contributed by atoms with Crippen LogP contribution in [0.3, 0.4) is 0 Å². The van der Waals surface area contributed by atoms with Gasteiger partial charge in [0.15, 0.2) is 39.5 Å². The van der Waals surface area contributed by atoms with Gasteiger partial charge in [0.2, 0.25) is 0 Å². The summed E-state index contributed by atoms with van der Waals surface area (Å²) in [6.07, 6.45) is 16.5. The minimum absolute atomic E-state index is 0.00148. The topological polar surface area (TPSA) is 260 Å². The molecule has 0 atom stereocenters. The van der Waals surface area contributed by atoms with Crippen LogP contribution >= 0.6 is 11.3 Å². The number of halogens is 7. The number of thiophene rings is 1. The van der Waals surface area contributed by atoms with Crippen LogP contribution in [0.2, 0.25) is 0 Å². The Labute approximate surface area is 591 Å². The fraction of sp³-hybridized carbons (Fsp3) is 0.558. The number of carboxylic acids is 6. The first-order valence-electron chi connectivity index (χ1n) is 35.7. The van der Waals surface area contributed by atoms with E-state index in [0.717, 1.165) is 44.1 Å². The molecular weight excluding hydrogens is 1340 g/mol. The lowest BCUT2D eigenvalue weighted by atomic mass is 9.72. The van der Waals surface area contributed by atoms with E-state index in [1.165, 1.54) is 63.9 Å². The first-order chi connectivity index (χ1) is 48.2. The van der Waals surface area contributed by atoms with Gasteiger partial charge in [0.1, 0.15) is 17.2 Å². The van der Waals surface area contributed by atoms with Crippen LogP contribution in [0.5, 0.6) is 5.75 Å². The molecule has 3 fully saturated rings. The Morgan fingerprint density at radius 3 is 1.21 bits per heavy atom. The molecule has 0 bridgehead atoms. The molecule has 8 N–H and O–H groups in total. The Morgan fingerprint density at radius 2 is 0.842 bits per heavy atom. The highest BCUT2D eigenvalue weighted by Crippen LogP contribution is 2.44. The van der Waals surface area contributed by atoms with Crippen molar-refractivity contribution in [1.82, 2.24) is 15.5 Å². The Morgan fingerprint density at radius 1 is 0.485 bits per heavy atom. The van der Waals surface area contributed by atoms with Gasteiger partial charge in [-0.3, -0.25) is 33.7 Å². The van der Waals surface area contributed by atoms with Crippen LogP contribution in [0.1, 0.15) is 212 Å². The number of hydrogen-bond donors (Lipinski definition) is 8. The maximum atomic E-state index is 14.5. The molecule has 2 heterocycles. The minimum Gasteiger partial charge on any atom is -0.488 e. The number of rotatable bonds is 37. The molecule has 2 aliphatic carbocycles. The van der Waals surface area contributed by atoms with Gasteiger partial charge >= 0.3 is 42.0 Å². The van der Waals surface area contributed by atoms with E-state index in [1.54, 1.807) is 66.7 Å². The summed E-state index contributed by atoms with van der Waals surface area (Å²) in [6, 6.07) is 23.7. The Kier molecular flexibility index (Phi) is 33.0. The number of benzene rings is 4. The van der Waals surface area contributed by atoms with Crippen LogP contribution in [0.15, 0.2) is 84.9 Å². The molecule has 4 aromatic carbocycles. The number of nitrogens with zero attached hydrogens (tertiary/aromatic N) is 1. The summed E-state index contributed by atoms with van der Waals surface area (Å²) in [7, 11) is 0. The number of likely N-dealkylation sites (tertiary alicyclic amines) is 1. The summed E-state index contributed by atoms with van der Waals surface area (Å²) in [5, 5.41) is 62.3. The Hall–Kier alpha value is -7.41. The quantitative estimate of drug-likeness (QED) is 0.0104. The third-order valence-corrected chi connectivity index (χ3v) is 21.3. The standard InChI is InChI=1S/C26H24F3NO5S.C26H39F2NO4.C25H37F2NO4/c27-26(28,29)22-21(18-4-2-1-3-5-18)14-20(36-22)16-35-19-8-6-17(7-9-19)15-30-12-10-25(11-13-30,23(31)32)24(33)34;1-2-3-4-5-6-7-8-9-10-19-11-12-20(23(28)22(19)27)15-18-29-21-13-16-26(17-14-21,24(30)31)25(32)33;1-2-3-4-5-6-7-8-9-18-10-11-19(22(27)21(18)26)14-17-28-20-12-15-25(16-13-20,23(29)30)24(31)32/h1-9,14H,10-13,15-16H2,(H,31,32)(H,33,34);11-12,21,29H,2-10,13-18H2,1H3,(H,30,31)(H,32,33);10-11,20,28H,2-9,12-17H2,1H3,(H,29,30)(H,31,32). The van der Waals surface area contributed by atoms with Crippen molar-refractivity contribution in [3.63, 3.8) is 0 Å². The molecule has 3 aliphatic rings. The second-order valence-corrected chi connectivity index (χ2v) is 28.3. The van der Waals surface area contributed by atoms with E-state index in [-0.39, 0.29) is 62.8 Å². The molecule has 5 aromatic rings. The average Bonchev–Trinajstić information content (AvgIpc) is 1.79. The molecule has 2 saturated carbocycles. The molecule has 24 heteroatoms. The Balaban J connectivity index is 0.000000239. The van der Waals surface area contributed by atoms with Crippen molar-refractivity contribution < 1.29 is 94.9 Å². The summed E-state index contributed by atoms with van der Waals surface area (Å²) in [6.45, 7) is 6.44. The van der Waals surface area contributed by atoms with Gasteiger partial charge in [-0.1, -0.05) is 164 Å². The lowest BCUT2D eigenvalue weighted by molar-refractivity contribution is -0.170. The van der Waals surface area contributed by atoms with E-state index < -0.39 is 86.4 Å². The maximum Gasteiger partial charge on any atom is 0.426 e. The smallest absolute Gasteiger partial charge is 0.426 e. The van der Waals surface area contributed by atoms with E-state index >= 15 is 0 Å². The van der Waals surface area contributed by atoms with Gasteiger partial charge in [-0.2, -0.15) is 13.2 Å². The first-order valence-corrected chi connectivity index (χ1v) is 36.5. The number of unbranched alkanes of at least 4 members (excludes halogenated alkanes) is 13. The second kappa shape index (κ2) is 40.4. The van der Waals surface area contributed by atoms with Crippen molar-refractivity contribution in [2.75, 3.05) is 26.2 Å². The number of aliphatic carboxylic acids is 6. The highest BCUT2D eigenvalue weighted by atomic mass is 32.1. The molecule has 0 spiro atoms. The Bertz CT molecular complexity index is 3410. The van der Waals surface area contributed by atoms with Gasteiger partial charge in [0, 0.05) is 42.2 Å². The highest BCUT2D eigenvalue weighted by Gasteiger charge is 2.51. The minimum atomic E-state index is -4.46. The van der Waals surface area contributed by atoms with E-state index in [0.29, 0.717) is 134 Å². The molecule has 0 amide bonds. The van der Waals surface area contributed by atoms with Crippen molar-refractivity contribution >= 4 is 47.2 Å². The van der Waals surface area contributed by atoms with Gasteiger partial charge in [0.25, 0.3) is 0 Å². The molecule has 1 aliphatic heterocycles. The molecule has 1 saturated heterocycles. The normalized spacial score (nSPS) is 16.1. The van der Waals surface area contributed by atoms with Crippen molar-refractivity contribution in [3.8, 4) is 16.9 Å². The van der Waals surface area contributed by atoms with Crippen molar-refractivity contribution in [1.29, 1.82) is 0 Å². The molecule has 8 rings (SSSR count). The molecule has 0 unspecified atom stereocenters. The van der Waals surface area contributed by atoms with Crippen LogP contribution in [-0.4, -0.2) is 110 Å². The van der Waals surface area contributed by atoms with Crippen LogP contribution in [0, 0.1) is 39.5 Å². The van der Waals surface area contributed by atoms with Gasteiger partial charge in [-0.15, -0.1) is 11.3 Å². The van der Waals surface area contributed by atoms with Crippen LogP contribution < -0.4 is 15.4 Å². The molecule has 101 heavy (non-hydrogen) atoms. The van der Waals surface area contributed by atoms with Gasteiger partial charge < -0.3 is 46.0 Å². The van der Waals surface area contributed by atoms with Crippen LogP contribution in [0.4, 0.5) is 30.7 Å². The summed E-state index contributed by atoms with van der Waals surface area (Å²) in [5.74, 6) is -10.3. The van der Waals surface area contributed by atoms with Crippen LogP contribution in [-0.2, 0) is 73.8 Å². The average molecular weight is 1440 g/mol. The zero-order chi connectivity index (χ0) is 73.8.